The zero-order chi connectivity index (χ0) is 38.5. The fourth-order valence-corrected chi connectivity index (χ4v) is 8.47. The smallest absolute Gasteiger partial charge is 0.487 e. The molecule has 0 unspecified atom stereocenters. The average molecular weight is 768 g/mol. The van der Waals surface area contributed by atoms with Gasteiger partial charge in [0.1, 0.15) is 12.4 Å². The van der Waals surface area contributed by atoms with Crippen molar-refractivity contribution in [2.24, 2.45) is 5.41 Å². The normalized spacial score (nSPS) is 20.1. The van der Waals surface area contributed by atoms with Gasteiger partial charge in [0.05, 0.1) is 17.3 Å². The van der Waals surface area contributed by atoms with E-state index >= 15 is 0 Å². The van der Waals surface area contributed by atoms with E-state index in [-0.39, 0.29) is 5.41 Å². The van der Waals surface area contributed by atoms with E-state index in [1.54, 1.807) is 6.07 Å². The number of piperidine rings is 1. The van der Waals surface area contributed by atoms with Gasteiger partial charge in [0.2, 0.25) is 5.95 Å². The topological polar surface area (TPSA) is 118 Å². The second-order valence-electron chi connectivity index (χ2n) is 15.6. The number of piperazine rings is 1. The van der Waals surface area contributed by atoms with Gasteiger partial charge >= 0.3 is 12.1 Å². The minimum absolute atomic E-state index is 0.315. The van der Waals surface area contributed by atoms with Gasteiger partial charge < -0.3 is 25.0 Å². The van der Waals surface area contributed by atoms with Crippen molar-refractivity contribution in [2.45, 2.75) is 82.7 Å². The minimum Gasteiger partial charge on any atom is -0.487 e. The molecule has 1 saturated carbocycles. The summed E-state index contributed by atoms with van der Waals surface area (Å²) in [6, 6.07) is 19.3. The van der Waals surface area contributed by atoms with Gasteiger partial charge in [0, 0.05) is 68.0 Å². The maximum absolute atomic E-state index is 10.6. The molecule has 3 saturated heterocycles. The lowest BCUT2D eigenvalue weighted by Crippen LogP contribution is -2.58. The predicted molar refractivity (Wildman–Crippen MR) is 201 cm³/mol. The number of nitrogens with zero attached hydrogens (tertiary/aromatic N) is 6. The standard InChI is InChI=1S/C38H48ClN7O.C2HF3O2/c1-37(2,30-21-28(24-40)22-31(39)23-30)29-3-5-35(6-4-29)47-25-32-9-14-42-36(43-32)46-19-17-45(18-20-46)34-10-15-44(16-11-34)33-7-12-38(13-8-33)26-41-27-38;3-2(4,5)1(6)7/h3-6,9,14,21-23,33-34,41H,7-8,10-13,15-20,25-27H2,1-2H3;(H,6,7). The van der Waals surface area contributed by atoms with Crippen LogP contribution in [0.3, 0.4) is 0 Å². The van der Waals surface area contributed by atoms with Crippen molar-refractivity contribution in [3.05, 3.63) is 82.1 Å². The van der Waals surface area contributed by atoms with Crippen LogP contribution in [0.2, 0.25) is 5.02 Å². The van der Waals surface area contributed by atoms with Crippen molar-refractivity contribution in [2.75, 3.05) is 57.3 Å². The van der Waals surface area contributed by atoms with E-state index in [1.807, 2.05) is 36.5 Å². The first-order valence-corrected chi connectivity index (χ1v) is 19.1. The zero-order valence-electron chi connectivity index (χ0n) is 30.9. The van der Waals surface area contributed by atoms with Gasteiger partial charge in [0.25, 0.3) is 0 Å². The van der Waals surface area contributed by atoms with Crippen LogP contribution >= 0.6 is 11.6 Å². The van der Waals surface area contributed by atoms with Crippen molar-refractivity contribution >= 4 is 23.5 Å². The van der Waals surface area contributed by atoms with Crippen LogP contribution in [-0.4, -0.2) is 101 Å². The van der Waals surface area contributed by atoms with Crippen molar-refractivity contribution in [3.63, 3.8) is 0 Å². The van der Waals surface area contributed by atoms with Crippen LogP contribution in [0.25, 0.3) is 0 Å². The van der Waals surface area contributed by atoms with Crippen LogP contribution in [-0.2, 0) is 16.8 Å². The van der Waals surface area contributed by atoms with E-state index in [1.165, 1.54) is 64.7 Å². The Hall–Kier alpha value is -3.96. The first kappa shape index (κ1) is 39.7. The molecule has 10 nitrogen and oxygen atoms in total. The van der Waals surface area contributed by atoms with Crippen LogP contribution in [0.5, 0.6) is 5.75 Å². The lowest BCUT2D eigenvalue weighted by atomic mass is 9.68. The number of likely N-dealkylation sites (tertiary alicyclic amines) is 1. The lowest BCUT2D eigenvalue weighted by molar-refractivity contribution is -0.192. The first-order chi connectivity index (χ1) is 25.7. The summed E-state index contributed by atoms with van der Waals surface area (Å²) >= 11 is 6.29. The Labute approximate surface area is 320 Å². The Kier molecular flexibility index (Phi) is 12.4. The van der Waals surface area contributed by atoms with E-state index in [9.17, 15) is 18.4 Å². The van der Waals surface area contributed by atoms with Crippen molar-refractivity contribution in [3.8, 4) is 11.8 Å². The molecule has 2 aromatic carbocycles. The molecule has 14 heteroatoms. The van der Waals surface area contributed by atoms with Crippen LogP contribution in [0.1, 0.15) is 74.8 Å². The lowest BCUT2D eigenvalue weighted by Gasteiger charge is -2.50. The summed E-state index contributed by atoms with van der Waals surface area (Å²) in [4.78, 5) is 26.3. The molecule has 0 bridgehead atoms. The van der Waals surface area contributed by atoms with Gasteiger partial charge in [0.15, 0.2) is 0 Å². The van der Waals surface area contributed by atoms with Gasteiger partial charge in [-0.15, -0.1) is 0 Å². The maximum atomic E-state index is 10.6. The second-order valence-corrected chi connectivity index (χ2v) is 16.0. The van der Waals surface area contributed by atoms with E-state index in [2.05, 4.69) is 57.0 Å². The molecule has 54 heavy (non-hydrogen) atoms. The zero-order valence-corrected chi connectivity index (χ0v) is 31.7. The third kappa shape index (κ3) is 9.63. The molecular weight excluding hydrogens is 719 g/mol. The molecule has 4 heterocycles. The van der Waals surface area contributed by atoms with Crippen LogP contribution in [0.15, 0.2) is 54.7 Å². The number of nitrogens with one attached hydrogen (secondary N) is 1. The summed E-state index contributed by atoms with van der Waals surface area (Å²) in [7, 11) is 0. The Morgan fingerprint density at radius 2 is 1.56 bits per heavy atom. The number of rotatable bonds is 8. The van der Waals surface area contributed by atoms with Gasteiger partial charge in [-0.05, 0) is 105 Å². The Bertz CT molecular complexity index is 1770. The number of anilines is 1. The average Bonchev–Trinajstić information content (AvgIpc) is 3.16. The van der Waals surface area contributed by atoms with Crippen molar-refractivity contribution in [1.29, 1.82) is 5.26 Å². The van der Waals surface area contributed by atoms with E-state index in [0.717, 1.165) is 60.7 Å². The number of nitriles is 1. The highest BCUT2D eigenvalue weighted by Gasteiger charge is 2.42. The first-order valence-electron chi connectivity index (χ1n) is 18.7. The van der Waals surface area contributed by atoms with Crippen molar-refractivity contribution in [1.82, 2.24) is 25.1 Å². The summed E-state index contributed by atoms with van der Waals surface area (Å²) in [6.07, 6.45) is 5.01. The number of alkyl halides is 3. The molecule has 0 amide bonds. The number of ether oxygens (including phenoxy) is 1. The number of aliphatic carboxylic acids is 1. The summed E-state index contributed by atoms with van der Waals surface area (Å²) in [5.41, 5.74) is 3.90. The van der Waals surface area contributed by atoms with Crippen LogP contribution < -0.4 is 15.0 Å². The van der Waals surface area contributed by atoms with Gasteiger partial charge in [-0.1, -0.05) is 37.6 Å². The number of carbonyl (C=O) groups is 1. The molecule has 4 aliphatic rings. The Morgan fingerprint density at radius 3 is 2.13 bits per heavy atom. The largest absolute Gasteiger partial charge is 0.490 e. The molecule has 0 atom stereocenters. The molecule has 290 valence electrons. The summed E-state index contributed by atoms with van der Waals surface area (Å²) in [5.74, 6) is -1.17. The quantitative estimate of drug-likeness (QED) is 0.258. The third-order valence-corrected chi connectivity index (χ3v) is 12.0. The SMILES string of the molecule is CC(C)(c1ccc(OCc2ccnc(N3CCN(C4CCN(C5CCC6(CC5)CNC6)CC4)CC3)n2)cc1)c1cc(Cl)cc(C#N)c1.O=C(O)C(F)(F)F. The highest BCUT2D eigenvalue weighted by atomic mass is 35.5. The molecule has 1 spiro atoms. The van der Waals surface area contributed by atoms with Gasteiger partial charge in [-0.2, -0.15) is 18.4 Å². The number of carboxylic acid groups (broad SMARTS) is 1. The van der Waals surface area contributed by atoms with Crippen LogP contribution in [0, 0.1) is 16.7 Å². The fraction of sp³-hybridized carbons (Fsp3) is 0.550. The molecule has 7 rings (SSSR count). The predicted octanol–water partition coefficient (Wildman–Crippen LogP) is 6.66. The van der Waals surface area contributed by atoms with Crippen molar-refractivity contribution < 1.29 is 27.8 Å². The minimum atomic E-state index is -5.08. The number of halogens is 4. The molecule has 0 radical (unpaired) electrons. The van der Waals surface area contributed by atoms with Gasteiger partial charge in [-0.25, -0.2) is 14.8 Å². The summed E-state index contributed by atoms with van der Waals surface area (Å²) < 4.78 is 37.9. The third-order valence-electron chi connectivity index (χ3n) is 11.8. The number of carboxylic acids is 1. The Balaban J connectivity index is 0.000000649. The monoisotopic (exact) mass is 767 g/mol. The Morgan fingerprint density at radius 1 is 0.944 bits per heavy atom. The molecule has 3 aliphatic heterocycles. The molecule has 1 aromatic heterocycles. The summed E-state index contributed by atoms with van der Waals surface area (Å²) in [6.45, 7) is 13.8. The molecule has 4 fully saturated rings. The highest BCUT2D eigenvalue weighted by molar-refractivity contribution is 6.30. The molecule has 1 aliphatic carbocycles. The molecule has 3 aromatic rings. The van der Waals surface area contributed by atoms with E-state index in [0.29, 0.717) is 28.6 Å². The number of hydrogen-bond acceptors (Lipinski definition) is 9. The van der Waals surface area contributed by atoms with Crippen LogP contribution in [0.4, 0.5) is 19.1 Å². The molecule has 2 N–H and O–H groups in total. The fourth-order valence-electron chi connectivity index (χ4n) is 8.24. The number of aromatic nitrogens is 2. The number of hydrogen-bond donors (Lipinski definition) is 2. The van der Waals surface area contributed by atoms with E-state index < -0.39 is 12.1 Å². The van der Waals surface area contributed by atoms with E-state index in [4.69, 9.17) is 31.2 Å². The maximum Gasteiger partial charge on any atom is 0.490 e. The second kappa shape index (κ2) is 16.8. The van der Waals surface area contributed by atoms with Gasteiger partial charge in [-0.3, -0.25) is 4.90 Å². The molecular formula is C40H49ClF3N7O3. The highest BCUT2D eigenvalue weighted by Crippen LogP contribution is 2.41. The number of benzene rings is 2. The summed E-state index contributed by atoms with van der Waals surface area (Å²) in [5, 5.41) is 20.6.